The molecule has 0 aliphatic carbocycles. The lowest BCUT2D eigenvalue weighted by atomic mass is 9.93. The number of piperidine rings is 1. The summed E-state index contributed by atoms with van der Waals surface area (Å²) < 4.78 is 13.8. The van der Waals surface area contributed by atoms with E-state index in [1.54, 1.807) is 7.11 Å². The average Bonchev–Trinajstić information content (AvgIpc) is 3.20. The van der Waals surface area contributed by atoms with Gasteiger partial charge in [-0.15, -0.1) is 0 Å². The molecule has 1 amide bonds. The monoisotopic (exact) mass is 426 g/mol. The van der Waals surface area contributed by atoms with Gasteiger partial charge in [-0.2, -0.15) is 5.10 Å². The van der Waals surface area contributed by atoms with Crippen LogP contribution in [0.4, 0.5) is 0 Å². The van der Waals surface area contributed by atoms with Gasteiger partial charge in [0.1, 0.15) is 12.4 Å². The maximum absolute atomic E-state index is 13.5. The molecule has 2 aromatic rings. The maximum atomic E-state index is 13.5. The fourth-order valence-corrected chi connectivity index (χ4v) is 4.87. The van der Waals surface area contributed by atoms with Gasteiger partial charge in [-0.3, -0.25) is 14.4 Å². The minimum Gasteiger partial charge on any atom is -0.491 e. The standard InChI is InChI=1S/C24H34N4O3/c1-26-17-19(16-25-26)18-27-12-6-5-9-21-23(30-2)11-7-13-28(21)24(29)20-8-3-4-10-22(20)31-15-14-27/h3-4,8,10,16-17,21,23H,5-7,9,11-15,18H2,1-2H3/t21-,23-/m1/s1. The minimum atomic E-state index is 0.0637. The molecule has 1 aromatic carbocycles. The van der Waals surface area contributed by atoms with Crippen LogP contribution in [0.1, 0.15) is 48.0 Å². The molecule has 0 spiro atoms. The highest BCUT2D eigenvalue weighted by Crippen LogP contribution is 2.29. The van der Waals surface area contributed by atoms with Crippen LogP contribution in [0.3, 0.4) is 0 Å². The number of amides is 1. The molecule has 4 rings (SSSR count). The largest absolute Gasteiger partial charge is 0.491 e. The Morgan fingerprint density at radius 3 is 2.81 bits per heavy atom. The number of fused-ring (bicyclic) bond motifs is 2. The number of methoxy groups -OCH3 is 1. The lowest BCUT2D eigenvalue weighted by Gasteiger charge is -2.41. The molecule has 0 N–H and O–H groups in total. The van der Waals surface area contributed by atoms with Crippen molar-refractivity contribution < 1.29 is 14.3 Å². The number of benzene rings is 1. The Labute approximate surface area is 184 Å². The summed E-state index contributed by atoms with van der Waals surface area (Å²) in [5, 5.41) is 4.30. The van der Waals surface area contributed by atoms with Crippen molar-refractivity contribution in [1.29, 1.82) is 0 Å². The molecule has 31 heavy (non-hydrogen) atoms. The highest BCUT2D eigenvalue weighted by molar-refractivity contribution is 5.97. The Kier molecular flexibility index (Phi) is 7.25. The van der Waals surface area contributed by atoms with Crippen molar-refractivity contribution in [3.8, 4) is 5.75 Å². The van der Waals surface area contributed by atoms with Crippen molar-refractivity contribution in [2.24, 2.45) is 7.05 Å². The summed E-state index contributed by atoms with van der Waals surface area (Å²) in [5.41, 5.74) is 1.86. The highest BCUT2D eigenvalue weighted by Gasteiger charge is 2.35. The van der Waals surface area contributed by atoms with E-state index >= 15 is 0 Å². The van der Waals surface area contributed by atoms with E-state index in [-0.39, 0.29) is 18.1 Å². The molecule has 2 atom stereocenters. The van der Waals surface area contributed by atoms with E-state index in [1.807, 2.05) is 47.1 Å². The molecule has 2 aliphatic rings. The van der Waals surface area contributed by atoms with Crippen molar-refractivity contribution in [3.05, 3.63) is 47.8 Å². The Morgan fingerprint density at radius 1 is 1.13 bits per heavy atom. The van der Waals surface area contributed by atoms with Crippen molar-refractivity contribution in [3.63, 3.8) is 0 Å². The Morgan fingerprint density at radius 2 is 2.00 bits per heavy atom. The van der Waals surface area contributed by atoms with E-state index in [0.717, 1.165) is 58.3 Å². The third kappa shape index (κ3) is 5.28. The number of carbonyl (C=O) groups is 1. The molecule has 2 aliphatic heterocycles. The molecular weight excluding hydrogens is 392 g/mol. The highest BCUT2D eigenvalue weighted by atomic mass is 16.5. The topological polar surface area (TPSA) is 59.8 Å². The Bertz CT molecular complexity index is 868. The molecule has 0 radical (unpaired) electrons. The molecule has 0 saturated carbocycles. The predicted octanol–water partition coefficient (Wildman–Crippen LogP) is 3.10. The summed E-state index contributed by atoms with van der Waals surface area (Å²) in [5.74, 6) is 0.736. The van der Waals surface area contributed by atoms with Crippen LogP contribution in [0.15, 0.2) is 36.7 Å². The molecule has 7 heteroatoms. The van der Waals surface area contributed by atoms with E-state index in [4.69, 9.17) is 9.47 Å². The zero-order valence-electron chi connectivity index (χ0n) is 18.7. The molecular formula is C24H34N4O3. The van der Waals surface area contributed by atoms with Crippen LogP contribution < -0.4 is 4.74 Å². The maximum Gasteiger partial charge on any atom is 0.257 e. The number of nitrogens with zero attached hydrogens (tertiary/aromatic N) is 4. The van der Waals surface area contributed by atoms with Crippen LogP contribution in [0.2, 0.25) is 0 Å². The molecule has 1 fully saturated rings. The number of carbonyl (C=O) groups excluding carboxylic acids is 1. The summed E-state index contributed by atoms with van der Waals surface area (Å²) in [4.78, 5) is 18.0. The minimum absolute atomic E-state index is 0.0637. The van der Waals surface area contributed by atoms with Gasteiger partial charge >= 0.3 is 0 Å². The van der Waals surface area contributed by atoms with Crippen molar-refractivity contribution in [2.75, 3.05) is 33.4 Å². The van der Waals surface area contributed by atoms with Gasteiger partial charge in [-0.25, -0.2) is 0 Å². The number of ether oxygens (including phenoxy) is 2. The first kappa shape index (κ1) is 21.8. The molecule has 0 unspecified atom stereocenters. The summed E-state index contributed by atoms with van der Waals surface area (Å²) in [7, 11) is 3.72. The van der Waals surface area contributed by atoms with Gasteiger partial charge in [-0.1, -0.05) is 18.6 Å². The van der Waals surface area contributed by atoms with E-state index < -0.39 is 0 Å². The van der Waals surface area contributed by atoms with E-state index in [0.29, 0.717) is 17.9 Å². The number of hydrogen-bond acceptors (Lipinski definition) is 5. The number of rotatable bonds is 3. The molecule has 7 nitrogen and oxygen atoms in total. The van der Waals surface area contributed by atoms with Crippen LogP contribution in [-0.4, -0.2) is 71.0 Å². The Balaban J connectivity index is 1.56. The van der Waals surface area contributed by atoms with Gasteiger partial charge in [0, 0.05) is 45.6 Å². The van der Waals surface area contributed by atoms with Crippen molar-refractivity contribution >= 4 is 5.91 Å². The third-order valence-electron chi connectivity index (χ3n) is 6.45. The molecule has 0 bridgehead atoms. The zero-order valence-corrected chi connectivity index (χ0v) is 18.7. The second kappa shape index (κ2) is 10.3. The van der Waals surface area contributed by atoms with Crippen molar-refractivity contribution in [1.82, 2.24) is 19.6 Å². The van der Waals surface area contributed by atoms with E-state index in [1.165, 1.54) is 5.56 Å². The zero-order chi connectivity index (χ0) is 21.6. The average molecular weight is 427 g/mol. The van der Waals surface area contributed by atoms with Gasteiger partial charge < -0.3 is 14.4 Å². The number of hydrogen-bond donors (Lipinski definition) is 0. The first-order valence-corrected chi connectivity index (χ1v) is 11.4. The fraction of sp³-hybridized carbons (Fsp3) is 0.583. The van der Waals surface area contributed by atoms with Gasteiger partial charge in [0.15, 0.2) is 0 Å². The van der Waals surface area contributed by atoms with Crippen LogP contribution in [0, 0.1) is 0 Å². The molecule has 1 aromatic heterocycles. The van der Waals surface area contributed by atoms with E-state index in [9.17, 15) is 4.79 Å². The Hall–Kier alpha value is -2.38. The van der Waals surface area contributed by atoms with Crippen LogP contribution in [-0.2, 0) is 18.3 Å². The quantitative estimate of drug-likeness (QED) is 0.755. The lowest BCUT2D eigenvalue weighted by Crippen LogP contribution is -2.51. The summed E-state index contributed by atoms with van der Waals surface area (Å²) in [6.45, 7) is 4.00. The molecule has 168 valence electrons. The normalized spacial score (nSPS) is 23.7. The van der Waals surface area contributed by atoms with Gasteiger partial charge in [-0.05, 0) is 44.4 Å². The number of aryl methyl sites for hydroxylation is 1. The number of aromatic nitrogens is 2. The second-order valence-corrected chi connectivity index (χ2v) is 8.62. The third-order valence-corrected chi connectivity index (χ3v) is 6.45. The van der Waals surface area contributed by atoms with E-state index in [2.05, 4.69) is 16.2 Å². The smallest absolute Gasteiger partial charge is 0.257 e. The van der Waals surface area contributed by atoms with Gasteiger partial charge in [0.05, 0.1) is 23.9 Å². The fourth-order valence-electron chi connectivity index (χ4n) is 4.87. The van der Waals surface area contributed by atoms with Crippen LogP contribution in [0.25, 0.3) is 0 Å². The first-order valence-electron chi connectivity index (χ1n) is 11.4. The van der Waals surface area contributed by atoms with Crippen LogP contribution >= 0.6 is 0 Å². The predicted molar refractivity (Wildman–Crippen MR) is 119 cm³/mol. The van der Waals surface area contributed by atoms with Crippen LogP contribution in [0.5, 0.6) is 5.75 Å². The molecule has 3 heterocycles. The summed E-state index contributed by atoms with van der Waals surface area (Å²) in [6, 6.07) is 7.76. The van der Waals surface area contributed by atoms with Crippen molar-refractivity contribution in [2.45, 2.75) is 50.8 Å². The summed E-state index contributed by atoms with van der Waals surface area (Å²) >= 11 is 0. The lowest BCUT2D eigenvalue weighted by molar-refractivity contribution is -0.0155. The summed E-state index contributed by atoms with van der Waals surface area (Å²) in [6.07, 6.45) is 9.20. The van der Waals surface area contributed by atoms with Gasteiger partial charge in [0.2, 0.25) is 0 Å². The van der Waals surface area contributed by atoms with Gasteiger partial charge in [0.25, 0.3) is 5.91 Å². The second-order valence-electron chi connectivity index (χ2n) is 8.62. The number of para-hydroxylation sites is 1. The first-order chi connectivity index (χ1) is 15.2. The molecule has 1 saturated heterocycles. The SMILES string of the molecule is CO[C@@H]1CCCN2C(=O)c3ccccc3OCCN(Cc3cnn(C)c3)CCCC[C@H]12.